The second-order valence-corrected chi connectivity index (χ2v) is 6.16. The van der Waals surface area contributed by atoms with Crippen molar-refractivity contribution in [2.75, 3.05) is 0 Å². The van der Waals surface area contributed by atoms with Gasteiger partial charge in [-0.3, -0.25) is 4.68 Å². The predicted octanol–water partition coefficient (Wildman–Crippen LogP) is 4.19. The standard InChI is InChI=1S/C17H18BrN3/c1-12(13-7-9-14(18)10-8-13)19-11-16-15-5-3-4-6-17(15)21(2)20-16/h3-10,12,19H,11H2,1-2H3/t12-/m0/s1. The fourth-order valence-electron chi connectivity index (χ4n) is 2.54. The lowest BCUT2D eigenvalue weighted by atomic mass is 10.1. The lowest BCUT2D eigenvalue weighted by Gasteiger charge is -2.13. The molecule has 0 saturated heterocycles. The van der Waals surface area contributed by atoms with E-state index in [1.807, 2.05) is 17.8 Å². The first-order valence-corrected chi connectivity index (χ1v) is 7.84. The second-order valence-electron chi connectivity index (χ2n) is 5.24. The highest BCUT2D eigenvalue weighted by atomic mass is 79.9. The summed E-state index contributed by atoms with van der Waals surface area (Å²) in [5.74, 6) is 0. The fraction of sp³-hybridized carbons (Fsp3) is 0.235. The summed E-state index contributed by atoms with van der Waals surface area (Å²) in [6.07, 6.45) is 0. The zero-order valence-electron chi connectivity index (χ0n) is 12.2. The molecule has 0 aliphatic carbocycles. The number of rotatable bonds is 4. The third-order valence-electron chi connectivity index (χ3n) is 3.78. The lowest BCUT2D eigenvalue weighted by Crippen LogP contribution is -2.18. The zero-order chi connectivity index (χ0) is 14.8. The van der Waals surface area contributed by atoms with Crippen molar-refractivity contribution in [3.05, 3.63) is 64.3 Å². The van der Waals surface area contributed by atoms with Crippen LogP contribution >= 0.6 is 15.9 Å². The van der Waals surface area contributed by atoms with Crippen LogP contribution in [0.3, 0.4) is 0 Å². The van der Waals surface area contributed by atoms with E-state index in [4.69, 9.17) is 0 Å². The fourth-order valence-corrected chi connectivity index (χ4v) is 2.80. The van der Waals surface area contributed by atoms with Gasteiger partial charge in [-0.15, -0.1) is 0 Å². The van der Waals surface area contributed by atoms with Gasteiger partial charge in [0.1, 0.15) is 0 Å². The predicted molar refractivity (Wildman–Crippen MR) is 90.1 cm³/mol. The van der Waals surface area contributed by atoms with Crippen LogP contribution in [-0.2, 0) is 13.6 Å². The van der Waals surface area contributed by atoms with Crippen molar-refractivity contribution >= 4 is 26.8 Å². The Kier molecular flexibility index (Phi) is 4.08. The van der Waals surface area contributed by atoms with Crippen molar-refractivity contribution in [3.8, 4) is 0 Å². The first kappa shape index (κ1) is 14.3. The Bertz CT molecular complexity index is 746. The minimum Gasteiger partial charge on any atom is -0.304 e. The summed E-state index contributed by atoms with van der Waals surface area (Å²) in [6.45, 7) is 2.94. The Morgan fingerprint density at radius 2 is 1.86 bits per heavy atom. The molecule has 0 radical (unpaired) electrons. The number of hydrogen-bond acceptors (Lipinski definition) is 2. The lowest BCUT2D eigenvalue weighted by molar-refractivity contribution is 0.563. The van der Waals surface area contributed by atoms with Crippen LogP contribution in [0.5, 0.6) is 0 Å². The Hall–Kier alpha value is -1.65. The molecule has 21 heavy (non-hydrogen) atoms. The SMILES string of the molecule is C[C@H](NCc1nn(C)c2ccccc12)c1ccc(Br)cc1. The van der Waals surface area contributed by atoms with Crippen LogP contribution in [0.15, 0.2) is 53.0 Å². The molecule has 1 heterocycles. The maximum Gasteiger partial charge on any atom is 0.0841 e. The zero-order valence-corrected chi connectivity index (χ0v) is 13.8. The topological polar surface area (TPSA) is 29.9 Å². The molecule has 3 rings (SSSR count). The molecule has 1 N–H and O–H groups in total. The Balaban J connectivity index is 1.76. The molecule has 0 unspecified atom stereocenters. The number of nitrogens with zero attached hydrogens (tertiary/aromatic N) is 2. The largest absolute Gasteiger partial charge is 0.304 e. The summed E-state index contributed by atoms with van der Waals surface area (Å²) in [4.78, 5) is 0. The monoisotopic (exact) mass is 343 g/mol. The van der Waals surface area contributed by atoms with E-state index in [2.05, 4.69) is 75.7 Å². The molecule has 0 bridgehead atoms. The molecule has 0 spiro atoms. The van der Waals surface area contributed by atoms with Gasteiger partial charge < -0.3 is 5.32 Å². The van der Waals surface area contributed by atoms with E-state index in [1.165, 1.54) is 16.5 Å². The van der Waals surface area contributed by atoms with Gasteiger partial charge in [0.2, 0.25) is 0 Å². The summed E-state index contributed by atoms with van der Waals surface area (Å²) < 4.78 is 3.05. The first-order chi connectivity index (χ1) is 10.1. The Labute approximate surface area is 133 Å². The summed E-state index contributed by atoms with van der Waals surface area (Å²) in [7, 11) is 1.99. The van der Waals surface area contributed by atoms with Gasteiger partial charge in [0, 0.05) is 29.5 Å². The molecular formula is C17H18BrN3. The molecule has 2 aromatic carbocycles. The number of aryl methyl sites for hydroxylation is 1. The molecule has 3 aromatic rings. The van der Waals surface area contributed by atoms with Crippen molar-refractivity contribution in [2.24, 2.45) is 7.05 Å². The van der Waals surface area contributed by atoms with Gasteiger partial charge in [0.25, 0.3) is 0 Å². The number of para-hydroxylation sites is 1. The van der Waals surface area contributed by atoms with Gasteiger partial charge in [0.05, 0.1) is 11.2 Å². The van der Waals surface area contributed by atoms with Crippen LogP contribution < -0.4 is 5.32 Å². The Morgan fingerprint density at radius 1 is 1.14 bits per heavy atom. The molecule has 0 fully saturated rings. The number of hydrogen-bond donors (Lipinski definition) is 1. The molecule has 1 aromatic heterocycles. The van der Waals surface area contributed by atoms with Crippen LogP contribution in [0.1, 0.15) is 24.2 Å². The van der Waals surface area contributed by atoms with Gasteiger partial charge in [-0.2, -0.15) is 5.10 Å². The summed E-state index contributed by atoms with van der Waals surface area (Å²) in [5.41, 5.74) is 3.54. The van der Waals surface area contributed by atoms with E-state index in [1.54, 1.807) is 0 Å². The molecule has 1 atom stereocenters. The second kappa shape index (κ2) is 6.00. The van der Waals surface area contributed by atoms with E-state index in [-0.39, 0.29) is 0 Å². The highest BCUT2D eigenvalue weighted by Crippen LogP contribution is 2.20. The van der Waals surface area contributed by atoms with Crippen LogP contribution in [0.25, 0.3) is 10.9 Å². The summed E-state index contributed by atoms with van der Waals surface area (Å²) in [6, 6.07) is 17.0. The van der Waals surface area contributed by atoms with E-state index in [0.29, 0.717) is 6.04 Å². The molecule has 3 nitrogen and oxygen atoms in total. The van der Waals surface area contributed by atoms with Crippen LogP contribution in [0.2, 0.25) is 0 Å². The van der Waals surface area contributed by atoms with Crippen molar-refractivity contribution in [2.45, 2.75) is 19.5 Å². The van der Waals surface area contributed by atoms with Crippen molar-refractivity contribution in [1.29, 1.82) is 0 Å². The van der Waals surface area contributed by atoms with Crippen molar-refractivity contribution in [1.82, 2.24) is 15.1 Å². The number of benzene rings is 2. The molecule has 0 aliphatic rings. The average Bonchev–Trinajstić information content (AvgIpc) is 2.83. The third-order valence-corrected chi connectivity index (χ3v) is 4.31. The summed E-state index contributed by atoms with van der Waals surface area (Å²) >= 11 is 3.47. The Morgan fingerprint density at radius 3 is 2.62 bits per heavy atom. The van der Waals surface area contributed by atoms with Gasteiger partial charge in [-0.25, -0.2) is 0 Å². The molecule has 108 valence electrons. The maximum atomic E-state index is 4.62. The maximum absolute atomic E-state index is 4.62. The van der Waals surface area contributed by atoms with E-state index in [0.717, 1.165) is 16.7 Å². The number of nitrogens with one attached hydrogen (secondary N) is 1. The number of aromatic nitrogens is 2. The van der Waals surface area contributed by atoms with E-state index >= 15 is 0 Å². The van der Waals surface area contributed by atoms with Crippen molar-refractivity contribution in [3.63, 3.8) is 0 Å². The quantitative estimate of drug-likeness (QED) is 0.769. The molecule has 0 amide bonds. The van der Waals surface area contributed by atoms with Crippen molar-refractivity contribution < 1.29 is 0 Å². The van der Waals surface area contributed by atoms with Crippen LogP contribution in [0, 0.1) is 0 Å². The number of fused-ring (bicyclic) bond motifs is 1. The normalized spacial score (nSPS) is 12.7. The first-order valence-electron chi connectivity index (χ1n) is 7.04. The number of halogens is 1. The van der Waals surface area contributed by atoms with Gasteiger partial charge >= 0.3 is 0 Å². The minimum absolute atomic E-state index is 0.291. The van der Waals surface area contributed by atoms with E-state index in [9.17, 15) is 0 Å². The third kappa shape index (κ3) is 3.01. The smallest absolute Gasteiger partial charge is 0.0841 e. The molecule has 0 aliphatic heterocycles. The minimum atomic E-state index is 0.291. The molecule has 0 saturated carbocycles. The molecule has 4 heteroatoms. The summed E-state index contributed by atoms with van der Waals surface area (Å²) in [5, 5.41) is 9.38. The molecular weight excluding hydrogens is 326 g/mol. The highest BCUT2D eigenvalue weighted by molar-refractivity contribution is 9.10. The van der Waals surface area contributed by atoms with Gasteiger partial charge in [0.15, 0.2) is 0 Å². The highest BCUT2D eigenvalue weighted by Gasteiger charge is 2.10. The van der Waals surface area contributed by atoms with Crippen LogP contribution in [-0.4, -0.2) is 9.78 Å². The van der Waals surface area contributed by atoms with Gasteiger partial charge in [-0.1, -0.05) is 46.3 Å². The van der Waals surface area contributed by atoms with Gasteiger partial charge in [-0.05, 0) is 30.7 Å². The average molecular weight is 344 g/mol. The van der Waals surface area contributed by atoms with E-state index < -0.39 is 0 Å². The van der Waals surface area contributed by atoms with Crippen LogP contribution in [0.4, 0.5) is 0 Å².